The van der Waals surface area contributed by atoms with Crippen LogP contribution in [0.3, 0.4) is 0 Å². The van der Waals surface area contributed by atoms with Gasteiger partial charge in [0.2, 0.25) is 5.76 Å². The van der Waals surface area contributed by atoms with Crippen LogP contribution in [0.1, 0.15) is 53.6 Å². The van der Waals surface area contributed by atoms with Gasteiger partial charge in [-0.15, -0.1) is 0 Å². The van der Waals surface area contributed by atoms with Gasteiger partial charge in [-0.3, -0.25) is 9.59 Å². The van der Waals surface area contributed by atoms with Crippen molar-refractivity contribution < 1.29 is 23.4 Å². The first-order valence-electron chi connectivity index (χ1n) is 11.3. The van der Waals surface area contributed by atoms with Crippen LogP contribution in [0.5, 0.6) is 11.5 Å². The Morgan fingerprint density at radius 1 is 1.00 bits per heavy atom. The zero-order chi connectivity index (χ0) is 23.5. The summed E-state index contributed by atoms with van der Waals surface area (Å²) in [5.74, 6) is 0.978. The molecule has 1 aromatic heterocycles. The van der Waals surface area contributed by atoms with Gasteiger partial charge in [0.25, 0.3) is 5.91 Å². The summed E-state index contributed by atoms with van der Waals surface area (Å²) in [6, 6.07) is 10.3. The van der Waals surface area contributed by atoms with Gasteiger partial charge in [-0.05, 0) is 50.1 Å². The zero-order valence-electron chi connectivity index (χ0n) is 19.5. The third kappa shape index (κ3) is 4.20. The number of hydrogen-bond donors (Lipinski definition) is 0. The first-order valence-corrected chi connectivity index (χ1v) is 11.3. The quantitative estimate of drug-likeness (QED) is 0.477. The number of ether oxygens (including phenoxy) is 3. The molecule has 1 amide bonds. The van der Waals surface area contributed by atoms with Crippen LogP contribution in [0.25, 0.3) is 11.0 Å². The average Bonchev–Trinajstić information content (AvgIpc) is 3.09. The monoisotopic (exact) mass is 451 g/mol. The van der Waals surface area contributed by atoms with Crippen molar-refractivity contribution in [3.8, 4) is 11.5 Å². The van der Waals surface area contributed by atoms with Gasteiger partial charge in [-0.2, -0.15) is 0 Å². The molecule has 4 rings (SSSR count). The number of carbonyl (C=O) groups is 1. The number of amides is 1. The molecular formula is C26H29NO6. The minimum atomic E-state index is -0.608. The molecule has 1 atom stereocenters. The second-order valence-electron chi connectivity index (χ2n) is 8.06. The summed E-state index contributed by atoms with van der Waals surface area (Å²) in [4.78, 5) is 28.6. The summed E-state index contributed by atoms with van der Waals surface area (Å²) in [5, 5.41) is 0.466. The highest BCUT2D eigenvalue weighted by Gasteiger charge is 2.42. The Bertz CT molecular complexity index is 1230. The molecule has 33 heavy (non-hydrogen) atoms. The average molecular weight is 452 g/mol. The molecule has 7 nitrogen and oxygen atoms in total. The Morgan fingerprint density at radius 2 is 1.82 bits per heavy atom. The summed E-state index contributed by atoms with van der Waals surface area (Å²) >= 11 is 0. The number of carbonyl (C=O) groups excluding carboxylic acids is 1. The fourth-order valence-electron chi connectivity index (χ4n) is 4.20. The molecule has 0 bridgehead atoms. The van der Waals surface area contributed by atoms with E-state index < -0.39 is 6.04 Å². The molecule has 2 heterocycles. The third-order valence-corrected chi connectivity index (χ3v) is 5.70. The minimum Gasteiger partial charge on any atom is -0.490 e. The highest BCUT2D eigenvalue weighted by molar-refractivity contribution is 5.99. The smallest absolute Gasteiger partial charge is 0.290 e. The van der Waals surface area contributed by atoms with Gasteiger partial charge in [0.05, 0.1) is 36.8 Å². The van der Waals surface area contributed by atoms with Crippen molar-refractivity contribution in [3.05, 3.63) is 69.1 Å². The summed E-state index contributed by atoms with van der Waals surface area (Å²) in [6.45, 7) is 7.54. The lowest BCUT2D eigenvalue weighted by Crippen LogP contribution is -2.32. The number of hydrogen-bond acceptors (Lipinski definition) is 6. The molecule has 0 aliphatic carbocycles. The van der Waals surface area contributed by atoms with Gasteiger partial charge < -0.3 is 23.5 Å². The Hall–Kier alpha value is -3.32. The molecule has 174 valence electrons. The van der Waals surface area contributed by atoms with Crippen LogP contribution in [0, 0.1) is 6.92 Å². The van der Waals surface area contributed by atoms with Gasteiger partial charge in [0, 0.05) is 13.7 Å². The summed E-state index contributed by atoms with van der Waals surface area (Å²) in [7, 11) is 1.58. The van der Waals surface area contributed by atoms with Crippen LogP contribution in [0.15, 0.2) is 45.6 Å². The normalized spacial score (nSPS) is 15.2. The van der Waals surface area contributed by atoms with Crippen LogP contribution in [0.2, 0.25) is 0 Å². The van der Waals surface area contributed by atoms with Crippen molar-refractivity contribution in [3.63, 3.8) is 0 Å². The van der Waals surface area contributed by atoms with Gasteiger partial charge in [0.15, 0.2) is 16.9 Å². The molecule has 0 unspecified atom stereocenters. The van der Waals surface area contributed by atoms with E-state index in [9.17, 15) is 9.59 Å². The van der Waals surface area contributed by atoms with Crippen molar-refractivity contribution in [1.82, 2.24) is 4.90 Å². The molecular weight excluding hydrogens is 422 g/mol. The molecule has 0 N–H and O–H groups in total. The maximum atomic E-state index is 13.6. The minimum absolute atomic E-state index is 0.0849. The van der Waals surface area contributed by atoms with Crippen molar-refractivity contribution in [2.75, 3.05) is 33.5 Å². The van der Waals surface area contributed by atoms with E-state index in [-0.39, 0.29) is 17.1 Å². The highest BCUT2D eigenvalue weighted by Crippen LogP contribution is 2.41. The highest BCUT2D eigenvalue weighted by atomic mass is 16.5. The zero-order valence-corrected chi connectivity index (χ0v) is 19.5. The van der Waals surface area contributed by atoms with Crippen LogP contribution in [-0.4, -0.2) is 44.3 Å². The molecule has 3 aromatic rings. The van der Waals surface area contributed by atoms with Gasteiger partial charge >= 0.3 is 0 Å². The third-order valence-electron chi connectivity index (χ3n) is 5.70. The van der Waals surface area contributed by atoms with Crippen LogP contribution in [-0.2, 0) is 4.74 Å². The molecule has 0 spiro atoms. The molecule has 0 saturated heterocycles. The number of methoxy groups -OCH3 is 1. The number of nitrogens with zero attached hydrogens (tertiary/aromatic N) is 1. The van der Waals surface area contributed by atoms with E-state index in [0.717, 1.165) is 17.5 Å². The fourth-order valence-corrected chi connectivity index (χ4v) is 4.20. The maximum Gasteiger partial charge on any atom is 0.290 e. The topological polar surface area (TPSA) is 78.2 Å². The number of rotatable bonds is 9. The first-order chi connectivity index (χ1) is 16.0. The maximum absolute atomic E-state index is 13.6. The fraction of sp³-hybridized carbons (Fsp3) is 0.385. The van der Waals surface area contributed by atoms with E-state index in [4.69, 9.17) is 18.6 Å². The Balaban J connectivity index is 1.90. The molecule has 0 radical (unpaired) electrons. The second kappa shape index (κ2) is 9.67. The summed E-state index contributed by atoms with van der Waals surface area (Å²) in [6.07, 6.45) is 0.871. The second-order valence-corrected chi connectivity index (χ2v) is 8.06. The lowest BCUT2D eigenvalue weighted by Gasteiger charge is -2.25. The Kier molecular flexibility index (Phi) is 6.70. The number of fused-ring (bicyclic) bond motifs is 2. The molecule has 7 heteroatoms. The summed E-state index contributed by atoms with van der Waals surface area (Å²) in [5.41, 5.74) is 2.26. The number of aryl methyl sites for hydroxylation is 1. The van der Waals surface area contributed by atoms with Gasteiger partial charge in [-0.1, -0.05) is 24.6 Å². The Labute approximate surface area is 192 Å². The molecule has 0 saturated carbocycles. The Morgan fingerprint density at radius 3 is 2.55 bits per heavy atom. The first kappa shape index (κ1) is 22.9. The molecule has 1 aliphatic heterocycles. The predicted octanol–water partition coefficient (Wildman–Crippen LogP) is 4.48. The lowest BCUT2D eigenvalue weighted by atomic mass is 9.97. The van der Waals surface area contributed by atoms with E-state index in [0.29, 0.717) is 54.4 Å². The van der Waals surface area contributed by atoms with E-state index >= 15 is 0 Å². The van der Waals surface area contributed by atoms with Gasteiger partial charge in [0.1, 0.15) is 5.58 Å². The van der Waals surface area contributed by atoms with Crippen LogP contribution >= 0.6 is 0 Å². The van der Waals surface area contributed by atoms with E-state index in [1.54, 1.807) is 24.1 Å². The molecule has 1 aliphatic rings. The van der Waals surface area contributed by atoms with Crippen LogP contribution in [0.4, 0.5) is 0 Å². The van der Waals surface area contributed by atoms with Crippen molar-refractivity contribution in [2.24, 2.45) is 0 Å². The largest absolute Gasteiger partial charge is 0.490 e. The standard InChI is InChI=1S/C26H29NO6/c1-5-12-32-20-10-8-17(15-21(20)31-6-2)23-22-24(28)18-14-16(3)7-9-19(18)33-25(22)26(29)27(23)11-13-30-4/h7-10,14-15,23H,5-6,11-13H2,1-4H3/t23-/m0/s1. The lowest BCUT2D eigenvalue weighted by molar-refractivity contribution is 0.0663. The van der Waals surface area contributed by atoms with Gasteiger partial charge in [-0.25, -0.2) is 0 Å². The molecule has 0 fully saturated rings. The predicted molar refractivity (Wildman–Crippen MR) is 125 cm³/mol. The van der Waals surface area contributed by atoms with E-state index in [2.05, 4.69) is 0 Å². The summed E-state index contributed by atoms with van der Waals surface area (Å²) < 4.78 is 22.9. The van der Waals surface area contributed by atoms with Crippen molar-refractivity contribution >= 4 is 16.9 Å². The van der Waals surface area contributed by atoms with Crippen molar-refractivity contribution in [1.29, 1.82) is 0 Å². The number of benzene rings is 2. The SMILES string of the molecule is CCCOc1ccc([C@H]2c3c(oc4ccc(C)cc4c3=O)C(=O)N2CCOC)cc1OCC. The van der Waals surface area contributed by atoms with E-state index in [1.165, 1.54) is 0 Å². The van der Waals surface area contributed by atoms with Crippen LogP contribution < -0.4 is 14.9 Å². The van der Waals surface area contributed by atoms with Crippen molar-refractivity contribution in [2.45, 2.75) is 33.2 Å². The molecule has 2 aromatic carbocycles. The van der Waals surface area contributed by atoms with E-state index in [1.807, 2.05) is 45.0 Å².